The number of nitrogens with zero attached hydrogens (tertiary/aromatic N) is 2. The number of hydrogen-bond acceptors (Lipinski definition) is 5. The van der Waals surface area contributed by atoms with Gasteiger partial charge in [-0.3, -0.25) is 4.79 Å². The van der Waals surface area contributed by atoms with Crippen molar-refractivity contribution in [1.82, 2.24) is 10.3 Å². The summed E-state index contributed by atoms with van der Waals surface area (Å²) in [4.78, 5) is 16.6. The highest BCUT2D eigenvalue weighted by Crippen LogP contribution is 2.25. The maximum atomic E-state index is 12.1. The van der Waals surface area contributed by atoms with Crippen LogP contribution < -0.4 is 5.32 Å². The van der Waals surface area contributed by atoms with Crippen molar-refractivity contribution >= 4 is 17.7 Å². The van der Waals surface area contributed by atoms with E-state index in [-0.39, 0.29) is 11.7 Å². The summed E-state index contributed by atoms with van der Waals surface area (Å²) in [5.41, 5.74) is 1.13. The molecule has 24 heavy (non-hydrogen) atoms. The molecule has 0 saturated heterocycles. The molecule has 2 aromatic rings. The number of carbonyl (C=O) groups excluding carboxylic acids is 1. The third kappa shape index (κ3) is 4.18. The quantitative estimate of drug-likeness (QED) is 0.838. The van der Waals surface area contributed by atoms with Gasteiger partial charge in [0.05, 0.1) is 17.6 Å². The molecule has 2 heterocycles. The minimum absolute atomic E-state index is 0.000918. The van der Waals surface area contributed by atoms with Gasteiger partial charge in [-0.1, -0.05) is 31.0 Å². The lowest BCUT2D eigenvalue weighted by molar-refractivity contribution is -0.119. The molecule has 0 spiro atoms. The van der Waals surface area contributed by atoms with Gasteiger partial charge in [0.15, 0.2) is 5.76 Å². The molecule has 1 saturated carbocycles. The molecule has 0 aromatic carbocycles. The Kier molecular flexibility index (Phi) is 5.55. The van der Waals surface area contributed by atoms with Gasteiger partial charge in [-0.05, 0) is 37.1 Å². The first-order chi connectivity index (χ1) is 11.8. The Bertz CT molecular complexity index is 731. The third-order valence-corrected chi connectivity index (χ3v) is 5.06. The molecule has 1 fully saturated rings. The van der Waals surface area contributed by atoms with Gasteiger partial charge >= 0.3 is 0 Å². The molecular formula is C18H19N3O2S. The molecule has 0 radical (unpaired) electrons. The topological polar surface area (TPSA) is 78.9 Å². The molecule has 0 bridgehead atoms. The van der Waals surface area contributed by atoms with E-state index >= 15 is 0 Å². The van der Waals surface area contributed by atoms with E-state index in [1.807, 2.05) is 6.07 Å². The van der Waals surface area contributed by atoms with Gasteiger partial charge in [0.1, 0.15) is 16.8 Å². The fourth-order valence-electron chi connectivity index (χ4n) is 2.85. The first-order valence-electron chi connectivity index (χ1n) is 8.13. The predicted octanol–water partition coefficient (Wildman–Crippen LogP) is 3.75. The minimum atomic E-state index is 0.000918. The number of thioether (sulfide) groups is 1. The summed E-state index contributed by atoms with van der Waals surface area (Å²) >= 11 is 1.29. The van der Waals surface area contributed by atoms with Crippen molar-refractivity contribution in [3.8, 4) is 17.5 Å². The smallest absolute Gasteiger partial charge is 0.230 e. The molecule has 1 N–H and O–H groups in total. The van der Waals surface area contributed by atoms with Crippen LogP contribution in [0.1, 0.15) is 37.7 Å². The van der Waals surface area contributed by atoms with Crippen LogP contribution in [0.2, 0.25) is 0 Å². The second-order valence-corrected chi connectivity index (χ2v) is 6.79. The minimum Gasteiger partial charge on any atom is -0.463 e. The van der Waals surface area contributed by atoms with Crippen LogP contribution in [-0.4, -0.2) is 22.7 Å². The Morgan fingerprint density at radius 1 is 1.33 bits per heavy atom. The zero-order chi connectivity index (χ0) is 16.8. The Hall–Kier alpha value is -2.26. The molecule has 0 unspecified atom stereocenters. The number of amides is 1. The number of carbonyl (C=O) groups is 1. The summed E-state index contributed by atoms with van der Waals surface area (Å²) in [7, 11) is 0. The van der Waals surface area contributed by atoms with Gasteiger partial charge in [-0.25, -0.2) is 4.98 Å². The summed E-state index contributed by atoms with van der Waals surface area (Å²) < 4.78 is 5.34. The van der Waals surface area contributed by atoms with Gasteiger partial charge < -0.3 is 9.73 Å². The van der Waals surface area contributed by atoms with Crippen LogP contribution in [0.25, 0.3) is 11.5 Å². The highest BCUT2D eigenvalue weighted by molar-refractivity contribution is 8.00. The number of furan rings is 1. The summed E-state index contributed by atoms with van der Waals surface area (Å²) in [6, 6.07) is 9.50. The lowest BCUT2D eigenvalue weighted by Gasteiger charge is -2.22. The molecule has 0 aliphatic heterocycles. The van der Waals surface area contributed by atoms with Crippen LogP contribution in [0.3, 0.4) is 0 Å². The van der Waals surface area contributed by atoms with Crippen LogP contribution in [0, 0.1) is 11.3 Å². The maximum Gasteiger partial charge on any atom is 0.230 e. The zero-order valence-corrected chi connectivity index (χ0v) is 14.1. The number of pyridine rings is 1. The Morgan fingerprint density at radius 2 is 2.17 bits per heavy atom. The molecule has 0 atom stereocenters. The van der Waals surface area contributed by atoms with Crippen LogP contribution in [-0.2, 0) is 4.79 Å². The van der Waals surface area contributed by atoms with Crippen molar-refractivity contribution in [2.45, 2.75) is 43.2 Å². The second kappa shape index (κ2) is 8.02. The van der Waals surface area contributed by atoms with Crippen LogP contribution in [0.15, 0.2) is 40.0 Å². The first-order valence-corrected chi connectivity index (χ1v) is 9.12. The van der Waals surface area contributed by atoms with E-state index in [1.54, 1.807) is 24.5 Å². The molecule has 3 rings (SSSR count). The summed E-state index contributed by atoms with van der Waals surface area (Å²) in [6.07, 6.45) is 7.33. The van der Waals surface area contributed by atoms with Gasteiger partial charge in [0.2, 0.25) is 5.91 Å². The van der Waals surface area contributed by atoms with Crippen molar-refractivity contribution in [1.29, 1.82) is 5.26 Å². The molecule has 6 heteroatoms. The molecule has 5 nitrogen and oxygen atoms in total. The average Bonchev–Trinajstić information content (AvgIpc) is 3.15. The maximum absolute atomic E-state index is 12.1. The monoisotopic (exact) mass is 341 g/mol. The second-order valence-electron chi connectivity index (χ2n) is 5.83. The van der Waals surface area contributed by atoms with E-state index in [2.05, 4.69) is 16.4 Å². The predicted molar refractivity (Wildman–Crippen MR) is 92.4 cm³/mol. The number of rotatable bonds is 5. The number of nitrogens with one attached hydrogen (secondary N) is 1. The summed E-state index contributed by atoms with van der Waals surface area (Å²) in [5.74, 6) is 0.911. The van der Waals surface area contributed by atoms with Crippen molar-refractivity contribution < 1.29 is 9.21 Å². The highest BCUT2D eigenvalue weighted by Gasteiger charge is 2.17. The SMILES string of the molecule is N#Cc1ccc(-c2ccco2)nc1SCC(=O)NC1CCCCC1. The molecule has 1 amide bonds. The fraction of sp³-hybridized carbons (Fsp3) is 0.389. The Balaban J connectivity index is 1.64. The Labute approximate surface area is 145 Å². The van der Waals surface area contributed by atoms with Gasteiger partial charge in [-0.2, -0.15) is 5.26 Å². The van der Waals surface area contributed by atoms with Crippen molar-refractivity contribution in [2.24, 2.45) is 0 Å². The van der Waals surface area contributed by atoms with Gasteiger partial charge in [-0.15, -0.1) is 0 Å². The molecule has 124 valence electrons. The van der Waals surface area contributed by atoms with Crippen molar-refractivity contribution in [2.75, 3.05) is 5.75 Å². The first kappa shape index (κ1) is 16.6. The van der Waals surface area contributed by atoms with E-state index in [0.29, 0.717) is 28.1 Å². The molecule has 1 aliphatic rings. The van der Waals surface area contributed by atoms with Crippen LogP contribution >= 0.6 is 11.8 Å². The zero-order valence-electron chi connectivity index (χ0n) is 13.3. The number of hydrogen-bond donors (Lipinski definition) is 1. The molecule has 1 aliphatic carbocycles. The van der Waals surface area contributed by atoms with Crippen molar-refractivity contribution in [3.63, 3.8) is 0 Å². The van der Waals surface area contributed by atoms with Crippen molar-refractivity contribution in [3.05, 3.63) is 36.1 Å². The average molecular weight is 341 g/mol. The van der Waals surface area contributed by atoms with Crippen LogP contribution in [0.5, 0.6) is 0 Å². The molecule has 2 aromatic heterocycles. The fourth-order valence-corrected chi connectivity index (χ4v) is 3.63. The highest BCUT2D eigenvalue weighted by atomic mass is 32.2. The summed E-state index contributed by atoms with van der Waals surface area (Å²) in [5, 5.41) is 12.9. The van der Waals surface area contributed by atoms with Crippen LogP contribution in [0.4, 0.5) is 0 Å². The standard InChI is InChI=1S/C18H19N3O2S/c19-11-13-8-9-15(16-7-4-10-23-16)21-18(13)24-12-17(22)20-14-5-2-1-3-6-14/h4,7-10,14H,1-3,5-6,12H2,(H,20,22). The third-order valence-electron chi connectivity index (χ3n) is 4.06. The normalized spacial score (nSPS) is 15.0. The number of nitriles is 1. The van der Waals surface area contributed by atoms with E-state index in [0.717, 1.165) is 12.8 Å². The Morgan fingerprint density at radius 3 is 2.88 bits per heavy atom. The lowest BCUT2D eigenvalue weighted by Crippen LogP contribution is -2.37. The van der Waals surface area contributed by atoms with E-state index in [1.165, 1.54) is 31.0 Å². The molecular weight excluding hydrogens is 322 g/mol. The summed E-state index contributed by atoms with van der Waals surface area (Å²) in [6.45, 7) is 0. The van der Waals surface area contributed by atoms with E-state index in [4.69, 9.17) is 4.42 Å². The van der Waals surface area contributed by atoms with E-state index < -0.39 is 0 Å². The number of aromatic nitrogens is 1. The van der Waals surface area contributed by atoms with Gasteiger partial charge in [0, 0.05) is 6.04 Å². The lowest BCUT2D eigenvalue weighted by atomic mass is 9.95. The van der Waals surface area contributed by atoms with E-state index in [9.17, 15) is 10.1 Å². The largest absolute Gasteiger partial charge is 0.463 e. The van der Waals surface area contributed by atoms with Gasteiger partial charge in [0.25, 0.3) is 0 Å².